The van der Waals surface area contributed by atoms with Gasteiger partial charge in [0.2, 0.25) is 5.88 Å². The molecule has 0 amide bonds. The molecule has 126 heavy (non-hydrogen) atoms. The maximum absolute atomic E-state index is 14.4. The number of halogens is 1. The van der Waals surface area contributed by atoms with Gasteiger partial charge in [-0.25, -0.2) is 19.9 Å². The lowest BCUT2D eigenvalue weighted by atomic mass is 9.92. The monoisotopic (exact) mass is 1730 g/mol. The number of carbonyl (C=O) groups is 2. The average molecular weight is 1730 g/mol. The number of H-pyrrole nitrogens is 1. The number of hydrogen-bond acceptors (Lipinski definition) is 18. The van der Waals surface area contributed by atoms with Gasteiger partial charge < -0.3 is 58.9 Å². The molecule has 0 spiro atoms. The summed E-state index contributed by atoms with van der Waals surface area (Å²) in [6, 6.07) is 85.3. The summed E-state index contributed by atoms with van der Waals surface area (Å²) in [5.74, 6) is 4.22. The highest BCUT2D eigenvalue weighted by molar-refractivity contribution is 6.76. The van der Waals surface area contributed by atoms with Crippen molar-refractivity contribution < 1.29 is 38.0 Å². The van der Waals surface area contributed by atoms with Crippen molar-refractivity contribution in [1.82, 2.24) is 63.2 Å². The molecule has 24 nitrogen and oxygen atoms in total. The molecule has 0 atom stereocenters. The molecule has 0 saturated heterocycles. The number of fused-ring (bicyclic) bond motifs is 3. The topological polar surface area (TPSA) is 270 Å². The van der Waals surface area contributed by atoms with E-state index in [4.69, 9.17) is 66.0 Å². The van der Waals surface area contributed by atoms with Gasteiger partial charge in [0.25, 0.3) is 11.8 Å². The number of hydrogen-bond donors (Lipinski definition) is 4. The van der Waals surface area contributed by atoms with Gasteiger partial charge in [-0.3, -0.25) is 9.59 Å². The quantitative estimate of drug-likeness (QED) is 0.0212. The van der Waals surface area contributed by atoms with Crippen LogP contribution in [0.1, 0.15) is 32.1 Å². The van der Waals surface area contributed by atoms with Crippen LogP contribution in [-0.2, 0) is 35.8 Å². The van der Waals surface area contributed by atoms with Crippen LogP contribution in [0.3, 0.4) is 0 Å². The summed E-state index contributed by atoms with van der Waals surface area (Å²) in [5.41, 5.74) is 24.6. The predicted molar refractivity (Wildman–Crippen MR) is 505 cm³/mol. The third-order valence-electron chi connectivity index (χ3n) is 21.2. The third kappa shape index (κ3) is 20.3. The Labute approximate surface area is 739 Å². The Morgan fingerprint density at radius 2 is 0.817 bits per heavy atom. The van der Waals surface area contributed by atoms with Crippen molar-refractivity contribution >= 4 is 73.8 Å². The summed E-state index contributed by atoms with van der Waals surface area (Å²) in [6.45, 7) is 16.6. The molecule has 5 N–H and O–H groups in total. The highest BCUT2D eigenvalue weighted by atomic mass is 35.5. The number of nitrogens with zero attached hydrogens (tertiary/aromatic N) is 12. The molecule has 16 aromatic rings. The number of nitrogen functional groups attached to an aromatic ring is 1. The Balaban J connectivity index is 0.000000137. The fourth-order valence-corrected chi connectivity index (χ4v) is 16.6. The fourth-order valence-electron chi connectivity index (χ4n) is 14.8. The number of methoxy groups -OCH3 is 4. The van der Waals surface area contributed by atoms with Crippen LogP contribution >= 0.6 is 11.6 Å². The summed E-state index contributed by atoms with van der Waals surface area (Å²) < 4.78 is 41.9. The van der Waals surface area contributed by atoms with E-state index >= 15 is 0 Å². The highest BCUT2D eigenvalue weighted by Crippen LogP contribution is 2.45. The summed E-state index contributed by atoms with van der Waals surface area (Å²) >= 11 is 6.75. The van der Waals surface area contributed by atoms with E-state index in [0.717, 1.165) is 143 Å². The van der Waals surface area contributed by atoms with Gasteiger partial charge in [-0.1, -0.05) is 269 Å². The normalized spacial score (nSPS) is 12.4. The lowest BCUT2D eigenvalue weighted by Gasteiger charge is -2.22. The Bertz CT molecular complexity index is 6450. The molecule has 9 heterocycles. The number of nitrogens with two attached hydrogens (primary N) is 1. The Morgan fingerprint density at radius 3 is 1.21 bits per heavy atom. The van der Waals surface area contributed by atoms with E-state index in [9.17, 15) is 9.59 Å². The van der Waals surface area contributed by atoms with Crippen LogP contribution in [0.2, 0.25) is 56.5 Å². The van der Waals surface area contributed by atoms with Gasteiger partial charge in [-0.05, 0) is 81.9 Å². The summed E-state index contributed by atoms with van der Waals surface area (Å²) in [7, 11) is 4.37. The summed E-state index contributed by atoms with van der Waals surface area (Å²) in [4.78, 5) is 49.0. The Kier molecular flexibility index (Phi) is 27.2. The van der Waals surface area contributed by atoms with Gasteiger partial charge in [0, 0.05) is 87.6 Å². The first-order chi connectivity index (χ1) is 61.2. The zero-order valence-electron chi connectivity index (χ0n) is 72.0. The number of rotatable bonds is 27. The third-order valence-corrected chi connectivity index (χ3v) is 24.9. The largest absolute Gasteiger partial charge is 0.497 e. The van der Waals surface area contributed by atoms with Gasteiger partial charge in [0.15, 0.2) is 5.65 Å². The Morgan fingerprint density at radius 1 is 0.437 bits per heavy atom. The second kappa shape index (κ2) is 39.5. The van der Waals surface area contributed by atoms with Crippen LogP contribution in [0.25, 0.3) is 95.1 Å². The lowest BCUT2D eigenvalue weighted by molar-refractivity contribution is 0.0871. The van der Waals surface area contributed by atoms with Crippen LogP contribution in [0.4, 0.5) is 17.5 Å². The number of allylic oxidation sites excluding steroid dienone is 4. The van der Waals surface area contributed by atoms with E-state index in [1.165, 1.54) is 6.04 Å². The molecular formula is C99H99ClN16O8Si2. The molecule has 0 bridgehead atoms. The minimum absolute atomic E-state index is 0.192. The van der Waals surface area contributed by atoms with Crippen LogP contribution in [0.5, 0.6) is 23.1 Å². The van der Waals surface area contributed by atoms with Crippen LogP contribution in [0.15, 0.2) is 304 Å². The number of benzene rings is 9. The molecule has 0 fully saturated rings. The molecular weight excluding hydrogens is 1630 g/mol. The molecule has 638 valence electrons. The standard InChI is InChI=1S/C35H37N5O3Si.C29H23N5O2.C26H20ClN3O2.C9H19N3OSi/c1-42-28-17-15-26(16-18-28)32-29(37-31-22-39(23-36-31)24-43-19-20-44(2,3)4)21-30-33(25-11-7-5-8-12-25)34(38-40(30)35(32)41)27-13-9-6-10-14-27;1-36-22-14-12-20(13-15-22)26-23(32-25-17-30-18-31-25)16-24-27(19-8-4-2-5-9-19)28(33-34(24)29(26)35)21-10-6-3-7-11-21;1-31-20-15-13-18(14-16-20)22-24(27)28-25-21(17-9-5-3-6-10-17)23(19-11-7-4-8-12-19)29-30(25)26(22)32-2;1-14(2,3)5-4-13-8-12-6-9(10)11-7-12/h5-18,22-23,37H,19-21,24H2,1-4H3;2-15,17-18,32H,16H2,1H3,(H,30,31);3-16H,1-2H3;6-7H,4-5,8,10H2,1-3H3. The smallest absolute Gasteiger partial charge is 0.280 e. The SMILES string of the molecule is COc1ccc(-c2c(Cl)nc3c(-c4ccccc4)c(-c4ccccc4)nn3c2OC)cc1.COc1ccc(C2=C(Nc3cn(COCC[Si](C)(C)C)cn3)Cc3c(-c4ccccc4)c(-c4ccccc4)nn3C2=O)cc1.COc1ccc(C2=C(Nc3cnc[nH]3)Cc3c(-c4ccccc4)c(-c4ccccc4)nn3C2=O)cc1.C[Si](C)(C)CCOCn1cnc(N)c1. The van der Waals surface area contributed by atoms with E-state index in [2.05, 4.69) is 94.1 Å². The maximum atomic E-state index is 14.4. The molecule has 7 aromatic heterocycles. The summed E-state index contributed by atoms with van der Waals surface area (Å²) in [5, 5.41) is 22.0. The van der Waals surface area contributed by atoms with Gasteiger partial charge in [-0.15, -0.1) is 0 Å². The Hall–Kier alpha value is -14.3. The van der Waals surface area contributed by atoms with E-state index in [1.807, 2.05) is 246 Å². The zero-order chi connectivity index (χ0) is 87.9. The molecule has 9 aromatic carbocycles. The maximum Gasteiger partial charge on any atom is 0.280 e. The van der Waals surface area contributed by atoms with Crippen molar-refractivity contribution in [2.45, 2.75) is 77.7 Å². The van der Waals surface area contributed by atoms with Gasteiger partial charge >= 0.3 is 0 Å². The second-order valence-corrected chi connectivity index (χ2v) is 44.1. The second-order valence-electron chi connectivity index (χ2n) is 32.5. The summed E-state index contributed by atoms with van der Waals surface area (Å²) in [6.07, 6.45) is 11.4. The number of aromatic amines is 1. The molecule has 2 aliphatic rings. The van der Waals surface area contributed by atoms with Crippen molar-refractivity contribution in [3.8, 4) is 101 Å². The van der Waals surface area contributed by atoms with Crippen molar-refractivity contribution in [1.29, 1.82) is 0 Å². The van der Waals surface area contributed by atoms with E-state index in [-0.39, 0.29) is 11.8 Å². The first-order valence-corrected chi connectivity index (χ1v) is 49.2. The first-order valence-electron chi connectivity index (χ1n) is 41.4. The molecule has 18 rings (SSSR count). The van der Waals surface area contributed by atoms with E-state index in [0.29, 0.717) is 77.1 Å². The highest BCUT2D eigenvalue weighted by Gasteiger charge is 2.36. The number of carbonyl (C=O) groups excluding carboxylic acids is 2. The van der Waals surface area contributed by atoms with Crippen molar-refractivity contribution in [3.05, 3.63) is 331 Å². The van der Waals surface area contributed by atoms with Crippen LogP contribution < -0.4 is 35.3 Å². The molecule has 0 radical (unpaired) electrons. The van der Waals surface area contributed by atoms with E-state index < -0.39 is 16.1 Å². The molecule has 27 heteroatoms. The average Bonchev–Trinajstić information content (AvgIpc) is 1.58. The molecule has 0 unspecified atom stereocenters. The van der Waals surface area contributed by atoms with Crippen molar-refractivity contribution in [2.24, 2.45) is 0 Å². The van der Waals surface area contributed by atoms with Crippen molar-refractivity contribution in [3.63, 3.8) is 0 Å². The van der Waals surface area contributed by atoms with Crippen LogP contribution in [0, 0.1) is 0 Å². The van der Waals surface area contributed by atoms with Gasteiger partial charge in [0.05, 0.1) is 93.5 Å². The van der Waals surface area contributed by atoms with Gasteiger partial charge in [-0.2, -0.15) is 29.2 Å². The number of nitrogens with one attached hydrogen (secondary N) is 3. The van der Waals surface area contributed by atoms with Gasteiger partial charge in [0.1, 0.15) is 70.4 Å². The van der Waals surface area contributed by atoms with Crippen LogP contribution in [-0.4, -0.2) is 133 Å². The number of anilines is 3. The van der Waals surface area contributed by atoms with Crippen molar-refractivity contribution in [2.75, 3.05) is 58.0 Å². The fraction of sp³-hybridized carbons (Fsp3) is 0.182. The molecule has 2 aliphatic heterocycles. The predicted octanol–water partition coefficient (Wildman–Crippen LogP) is 21.3. The number of ether oxygens (including phenoxy) is 6. The minimum atomic E-state index is -1.17. The molecule has 0 aliphatic carbocycles. The van der Waals surface area contributed by atoms with E-state index in [1.54, 1.807) is 73.7 Å². The molecule has 0 saturated carbocycles. The minimum Gasteiger partial charge on any atom is -0.497 e. The lowest BCUT2D eigenvalue weighted by Crippen LogP contribution is -2.26. The number of aromatic nitrogens is 13. The number of imidazole rings is 3. The zero-order valence-corrected chi connectivity index (χ0v) is 74.7. The first kappa shape index (κ1) is 86.6.